The van der Waals surface area contributed by atoms with Gasteiger partial charge in [-0.25, -0.2) is 0 Å². The van der Waals surface area contributed by atoms with Crippen molar-refractivity contribution in [2.24, 2.45) is 0 Å². The lowest BCUT2D eigenvalue weighted by atomic mass is 9.93. The number of ether oxygens (including phenoxy) is 2. The first-order valence-corrected chi connectivity index (χ1v) is 11.3. The third-order valence-corrected chi connectivity index (χ3v) is 6.41. The molecule has 184 valence electrons. The van der Waals surface area contributed by atoms with Crippen molar-refractivity contribution in [1.29, 1.82) is 0 Å². The number of amides is 1. The van der Waals surface area contributed by atoms with Crippen LogP contribution in [0.3, 0.4) is 0 Å². The first kappa shape index (κ1) is 24.4. The molecule has 4 rings (SSSR count). The number of morpholine rings is 1. The van der Waals surface area contributed by atoms with Crippen LogP contribution in [0.4, 0.5) is 5.69 Å². The molecule has 2 aromatic carbocycles. The van der Waals surface area contributed by atoms with Crippen molar-refractivity contribution in [3.63, 3.8) is 0 Å². The Bertz CT molecular complexity index is 1170. The lowest BCUT2D eigenvalue weighted by molar-refractivity contribution is -0.384. The summed E-state index contributed by atoms with van der Waals surface area (Å²) >= 11 is 0. The maximum Gasteiger partial charge on any atom is 0.295 e. The van der Waals surface area contributed by atoms with Crippen molar-refractivity contribution in [1.82, 2.24) is 9.80 Å². The van der Waals surface area contributed by atoms with Crippen molar-refractivity contribution in [2.75, 3.05) is 46.5 Å². The van der Waals surface area contributed by atoms with Crippen LogP contribution in [0, 0.1) is 17.0 Å². The topological polar surface area (TPSA) is 122 Å². The number of hydrogen-bond donors (Lipinski definition) is 1. The van der Waals surface area contributed by atoms with Gasteiger partial charge in [0.25, 0.3) is 17.4 Å². The number of aryl methyl sites for hydroxylation is 1. The van der Waals surface area contributed by atoms with E-state index in [-0.39, 0.29) is 23.6 Å². The van der Waals surface area contributed by atoms with E-state index >= 15 is 0 Å². The van der Waals surface area contributed by atoms with Gasteiger partial charge in [-0.1, -0.05) is 0 Å². The summed E-state index contributed by atoms with van der Waals surface area (Å²) in [5.74, 6) is -1.20. The molecule has 10 nitrogen and oxygen atoms in total. The van der Waals surface area contributed by atoms with Crippen LogP contribution in [0.5, 0.6) is 5.75 Å². The number of nitro benzene ring substituents is 1. The number of benzene rings is 2. The zero-order valence-electron chi connectivity index (χ0n) is 19.6. The second-order valence-corrected chi connectivity index (χ2v) is 8.48. The third-order valence-electron chi connectivity index (χ3n) is 6.41. The Morgan fingerprint density at radius 1 is 1.14 bits per heavy atom. The Balaban J connectivity index is 1.77. The molecule has 10 heteroatoms. The first-order chi connectivity index (χ1) is 16.8. The summed E-state index contributed by atoms with van der Waals surface area (Å²) in [6, 6.07) is 9.85. The second-order valence-electron chi connectivity index (χ2n) is 8.48. The number of hydrogen-bond acceptors (Lipinski definition) is 8. The van der Waals surface area contributed by atoms with Crippen molar-refractivity contribution in [3.05, 3.63) is 74.8 Å². The fraction of sp³-hybridized carbons (Fsp3) is 0.360. The fourth-order valence-electron chi connectivity index (χ4n) is 4.48. The van der Waals surface area contributed by atoms with E-state index in [1.807, 2.05) is 0 Å². The fourth-order valence-corrected chi connectivity index (χ4v) is 4.48. The monoisotopic (exact) mass is 481 g/mol. The highest BCUT2D eigenvalue weighted by atomic mass is 16.6. The maximum atomic E-state index is 13.2. The number of aliphatic hydroxyl groups is 1. The highest BCUT2D eigenvalue weighted by Gasteiger charge is 2.46. The number of nitrogens with zero attached hydrogens (tertiary/aromatic N) is 3. The van der Waals surface area contributed by atoms with E-state index in [4.69, 9.17) is 9.47 Å². The van der Waals surface area contributed by atoms with Crippen LogP contribution in [0.15, 0.2) is 48.0 Å². The highest BCUT2D eigenvalue weighted by Crippen LogP contribution is 2.40. The SMILES string of the molecule is COc1ccc(/C(O)=C2\C(=O)C(=O)N(CCN3CCOCC3)[C@H]2c2ccc([N+](=O)[O-])cc2)c(C)c1. The van der Waals surface area contributed by atoms with Crippen LogP contribution in [-0.4, -0.2) is 78.0 Å². The van der Waals surface area contributed by atoms with Gasteiger partial charge in [0.05, 0.1) is 36.9 Å². The molecule has 0 radical (unpaired) electrons. The molecule has 1 amide bonds. The largest absolute Gasteiger partial charge is 0.507 e. The summed E-state index contributed by atoms with van der Waals surface area (Å²) in [4.78, 5) is 40.5. The third kappa shape index (κ3) is 4.89. The highest BCUT2D eigenvalue weighted by molar-refractivity contribution is 6.46. The zero-order valence-corrected chi connectivity index (χ0v) is 19.6. The molecule has 2 aromatic rings. The molecule has 2 aliphatic rings. The van der Waals surface area contributed by atoms with Crippen molar-refractivity contribution < 1.29 is 29.1 Å². The van der Waals surface area contributed by atoms with E-state index in [2.05, 4.69) is 4.90 Å². The molecular formula is C25H27N3O7. The average Bonchev–Trinajstić information content (AvgIpc) is 3.12. The predicted molar refractivity (Wildman–Crippen MR) is 127 cm³/mol. The molecule has 2 fully saturated rings. The number of ketones is 1. The minimum absolute atomic E-state index is 0.0425. The van der Waals surface area contributed by atoms with Crippen molar-refractivity contribution in [2.45, 2.75) is 13.0 Å². The lowest BCUT2D eigenvalue weighted by Crippen LogP contribution is -2.42. The lowest BCUT2D eigenvalue weighted by Gasteiger charge is -2.31. The molecule has 0 saturated carbocycles. The zero-order chi connectivity index (χ0) is 25.1. The number of aliphatic hydroxyl groups excluding tert-OH is 1. The molecule has 0 spiro atoms. The molecular weight excluding hydrogens is 454 g/mol. The van der Waals surface area contributed by atoms with E-state index in [1.165, 1.54) is 36.3 Å². The van der Waals surface area contributed by atoms with Gasteiger partial charge in [0.2, 0.25) is 0 Å². The van der Waals surface area contributed by atoms with Crippen LogP contribution in [0.1, 0.15) is 22.7 Å². The molecule has 2 saturated heterocycles. The average molecular weight is 482 g/mol. The molecule has 35 heavy (non-hydrogen) atoms. The Kier molecular flexibility index (Phi) is 7.13. The van der Waals surface area contributed by atoms with Crippen LogP contribution in [0.25, 0.3) is 5.76 Å². The molecule has 0 bridgehead atoms. The summed E-state index contributed by atoms with van der Waals surface area (Å²) < 4.78 is 10.6. The summed E-state index contributed by atoms with van der Waals surface area (Å²) in [5, 5.41) is 22.4. The van der Waals surface area contributed by atoms with Crippen LogP contribution in [-0.2, 0) is 14.3 Å². The smallest absolute Gasteiger partial charge is 0.295 e. The summed E-state index contributed by atoms with van der Waals surface area (Å²) in [7, 11) is 1.53. The maximum absolute atomic E-state index is 13.2. The number of carbonyl (C=O) groups is 2. The molecule has 0 aliphatic carbocycles. The van der Waals surface area contributed by atoms with Gasteiger partial charge in [0, 0.05) is 43.9 Å². The first-order valence-electron chi connectivity index (χ1n) is 11.3. The second kappa shape index (κ2) is 10.2. The van der Waals surface area contributed by atoms with Gasteiger partial charge in [-0.2, -0.15) is 0 Å². The number of rotatable bonds is 7. The Hall–Kier alpha value is -3.76. The summed E-state index contributed by atoms with van der Waals surface area (Å²) in [6.07, 6.45) is 0. The van der Waals surface area contributed by atoms with Gasteiger partial charge in [0.1, 0.15) is 11.5 Å². The van der Waals surface area contributed by atoms with Crippen molar-refractivity contribution in [3.8, 4) is 5.75 Å². The number of nitro groups is 1. The minimum atomic E-state index is -0.877. The Morgan fingerprint density at radius 3 is 2.43 bits per heavy atom. The number of Topliss-reactive ketones (excluding diaryl/α,β-unsaturated/α-hetero) is 1. The van der Waals surface area contributed by atoms with E-state index < -0.39 is 22.7 Å². The van der Waals surface area contributed by atoms with E-state index in [9.17, 15) is 24.8 Å². The van der Waals surface area contributed by atoms with E-state index in [0.717, 1.165) is 13.1 Å². The van der Waals surface area contributed by atoms with Crippen molar-refractivity contribution >= 4 is 23.1 Å². The standard InChI is InChI=1S/C25H27N3O7/c1-16-15-19(34-2)7-8-20(16)23(29)21-22(17-3-5-18(6-4-17)28(32)33)27(25(31)24(21)30)10-9-26-11-13-35-14-12-26/h3-8,15,22,29H,9-14H2,1-2H3/b23-21+/t22-/m0/s1. The molecule has 0 unspecified atom stereocenters. The quantitative estimate of drug-likeness (QED) is 0.211. The van der Waals surface area contributed by atoms with Gasteiger partial charge in [-0.3, -0.25) is 24.6 Å². The van der Waals surface area contributed by atoms with Crippen LogP contribution in [0.2, 0.25) is 0 Å². The minimum Gasteiger partial charge on any atom is -0.507 e. The molecule has 1 N–H and O–H groups in total. The molecule has 2 aliphatic heterocycles. The molecule has 2 heterocycles. The number of non-ortho nitro benzene ring substituents is 1. The molecule has 0 aromatic heterocycles. The van der Waals surface area contributed by atoms with Gasteiger partial charge in [-0.05, 0) is 48.4 Å². The van der Waals surface area contributed by atoms with E-state index in [0.29, 0.717) is 42.2 Å². The van der Waals surface area contributed by atoms with Gasteiger partial charge < -0.3 is 19.5 Å². The predicted octanol–water partition coefficient (Wildman–Crippen LogP) is 2.67. The number of likely N-dealkylation sites (tertiary alicyclic amines) is 1. The normalized spacial score (nSPS) is 20.3. The van der Waals surface area contributed by atoms with E-state index in [1.54, 1.807) is 25.1 Å². The number of methoxy groups -OCH3 is 1. The van der Waals surface area contributed by atoms with Crippen LogP contribution >= 0.6 is 0 Å². The Morgan fingerprint density at radius 2 is 1.83 bits per heavy atom. The molecule has 1 atom stereocenters. The van der Waals surface area contributed by atoms with Gasteiger partial charge in [0.15, 0.2) is 0 Å². The van der Waals surface area contributed by atoms with Gasteiger partial charge in [-0.15, -0.1) is 0 Å². The Labute approximate surface area is 202 Å². The van der Waals surface area contributed by atoms with Crippen LogP contribution < -0.4 is 4.74 Å². The number of carbonyl (C=O) groups excluding carboxylic acids is 2. The summed E-state index contributed by atoms with van der Waals surface area (Å²) in [6.45, 7) is 5.19. The van der Waals surface area contributed by atoms with Gasteiger partial charge >= 0.3 is 0 Å². The summed E-state index contributed by atoms with van der Waals surface area (Å²) in [5.41, 5.74) is 1.43.